The average molecular weight is 354 g/mol. The van der Waals surface area contributed by atoms with Gasteiger partial charge in [0.2, 0.25) is 0 Å². The fraction of sp³-hybridized carbons (Fsp3) is 0.591. The number of piperidine rings is 2. The topological polar surface area (TPSA) is 34.1 Å². The Kier molecular flexibility index (Phi) is 4.78. The Labute approximate surface area is 156 Å². The number of benzene rings is 1. The molecule has 1 unspecified atom stereocenters. The van der Waals surface area contributed by atoms with Gasteiger partial charge in [-0.25, -0.2) is 0 Å². The van der Waals surface area contributed by atoms with Crippen molar-refractivity contribution < 1.29 is 9.47 Å². The summed E-state index contributed by atoms with van der Waals surface area (Å²) in [5.74, 6) is 2.70. The van der Waals surface area contributed by atoms with Gasteiger partial charge >= 0.3 is 0 Å². The van der Waals surface area contributed by atoms with Gasteiger partial charge in [0.1, 0.15) is 5.75 Å². The van der Waals surface area contributed by atoms with E-state index in [0.29, 0.717) is 23.8 Å². The first kappa shape index (κ1) is 17.6. The average Bonchev–Trinajstić information content (AvgIpc) is 3.06. The molecule has 0 aliphatic carbocycles. The van der Waals surface area contributed by atoms with Crippen LogP contribution in [0.4, 0.5) is 5.69 Å². The van der Waals surface area contributed by atoms with Crippen LogP contribution < -0.4 is 4.74 Å². The summed E-state index contributed by atoms with van der Waals surface area (Å²) in [4.78, 5) is 7.78. The molecule has 4 atom stereocenters. The van der Waals surface area contributed by atoms with E-state index in [-0.39, 0.29) is 0 Å². The van der Waals surface area contributed by atoms with E-state index in [4.69, 9.17) is 14.5 Å². The Balaban J connectivity index is 1.66. The largest absolute Gasteiger partial charge is 0.504 e. The first-order valence-electron chi connectivity index (χ1n) is 9.86. The maximum absolute atomic E-state index is 5.66. The second-order valence-electron chi connectivity index (χ2n) is 7.89. The molecule has 0 N–H and O–H groups in total. The fourth-order valence-corrected chi connectivity index (χ4v) is 5.35. The second-order valence-corrected chi connectivity index (χ2v) is 7.89. The molecule has 2 fully saturated rings. The molecule has 0 saturated carbocycles. The van der Waals surface area contributed by atoms with Crippen molar-refractivity contribution in [1.82, 2.24) is 4.90 Å². The zero-order valence-corrected chi connectivity index (χ0v) is 16.4. The van der Waals surface area contributed by atoms with Crippen LogP contribution in [0.1, 0.15) is 44.6 Å². The minimum Gasteiger partial charge on any atom is -0.504 e. The van der Waals surface area contributed by atoms with Gasteiger partial charge in [-0.15, -0.1) is 0 Å². The van der Waals surface area contributed by atoms with E-state index in [9.17, 15) is 0 Å². The standard InChI is InChI=1S/C22H30N2O2/c1-5-15-12-24-10-9-16-21-18(7-6-8-20(21)26-4)23-22(16)19(24)11-17(15)14(2)13-25-3/h6-8,13,15-17,19H,5,9-12H2,1-4H3/b14-13-/t15-,16?,17-,19+/m1/s1. The number of aliphatic imine (C=N–C) groups is 1. The lowest BCUT2D eigenvalue weighted by Gasteiger charge is -2.48. The Morgan fingerprint density at radius 2 is 2.19 bits per heavy atom. The Hall–Kier alpha value is -1.81. The maximum atomic E-state index is 5.66. The summed E-state index contributed by atoms with van der Waals surface area (Å²) in [5.41, 5.74) is 5.16. The van der Waals surface area contributed by atoms with Crippen LogP contribution in [0, 0.1) is 11.8 Å². The molecule has 2 saturated heterocycles. The smallest absolute Gasteiger partial charge is 0.124 e. The molecular weight excluding hydrogens is 324 g/mol. The number of allylic oxidation sites excluding steroid dienone is 1. The Bertz CT molecular complexity index is 740. The summed E-state index contributed by atoms with van der Waals surface area (Å²) >= 11 is 0. The summed E-state index contributed by atoms with van der Waals surface area (Å²) in [7, 11) is 3.52. The zero-order valence-electron chi connectivity index (χ0n) is 16.4. The van der Waals surface area contributed by atoms with Crippen molar-refractivity contribution in [2.24, 2.45) is 16.8 Å². The van der Waals surface area contributed by atoms with Gasteiger partial charge in [0.05, 0.1) is 26.2 Å². The normalized spacial score (nSPS) is 30.9. The van der Waals surface area contributed by atoms with Gasteiger partial charge in [0, 0.05) is 29.8 Å². The zero-order chi connectivity index (χ0) is 18.3. The first-order chi connectivity index (χ1) is 12.7. The lowest BCUT2D eigenvalue weighted by atomic mass is 9.72. The fourth-order valence-electron chi connectivity index (χ4n) is 5.35. The lowest BCUT2D eigenvalue weighted by molar-refractivity contribution is 0.0911. The number of methoxy groups -OCH3 is 2. The van der Waals surface area contributed by atoms with Crippen LogP contribution in [0.5, 0.6) is 5.75 Å². The van der Waals surface area contributed by atoms with Crippen LogP contribution in [0.25, 0.3) is 0 Å². The quantitative estimate of drug-likeness (QED) is 0.745. The van der Waals surface area contributed by atoms with E-state index >= 15 is 0 Å². The van der Waals surface area contributed by atoms with Crippen molar-refractivity contribution in [3.63, 3.8) is 0 Å². The van der Waals surface area contributed by atoms with Crippen LogP contribution in [0.15, 0.2) is 35.0 Å². The van der Waals surface area contributed by atoms with Gasteiger partial charge in [0.25, 0.3) is 0 Å². The number of hydrogen-bond donors (Lipinski definition) is 0. The highest BCUT2D eigenvalue weighted by Crippen LogP contribution is 2.49. The van der Waals surface area contributed by atoms with Crippen molar-refractivity contribution in [2.45, 2.75) is 45.1 Å². The van der Waals surface area contributed by atoms with Gasteiger partial charge in [-0.1, -0.05) is 19.4 Å². The number of rotatable bonds is 4. The van der Waals surface area contributed by atoms with Gasteiger partial charge in [-0.3, -0.25) is 9.89 Å². The SMILES string of the molecule is CC[C@@H]1CN2CCC3C(=Nc4cccc(OC)c43)[C@@H]2C[C@@H]1/C(C)=C\OC. The molecule has 140 valence electrons. The summed E-state index contributed by atoms with van der Waals surface area (Å²) in [5, 5.41) is 0. The molecule has 0 amide bonds. The van der Waals surface area contributed by atoms with Crippen molar-refractivity contribution in [1.29, 1.82) is 0 Å². The third kappa shape index (κ3) is 2.75. The number of nitrogens with zero attached hydrogens (tertiary/aromatic N) is 2. The van der Waals surface area contributed by atoms with Crippen LogP contribution in [0.3, 0.4) is 0 Å². The van der Waals surface area contributed by atoms with Crippen molar-refractivity contribution >= 4 is 11.4 Å². The monoisotopic (exact) mass is 354 g/mol. The van der Waals surface area contributed by atoms with Crippen LogP contribution >= 0.6 is 0 Å². The number of hydrogen-bond acceptors (Lipinski definition) is 4. The van der Waals surface area contributed by atoms with Crippen LogP contribution in [0.2, 0.25) is 0 Å². The summed E-state index contributed by atoms with van der Waals surface area (Å²) in [6.45, 7) is 6.86. The maximum Gasteiger partial charge on any atom is 0.124 e. The molecule has 1 aromatic rings. The van der Waals surface area contributed by atoms with Gasteiger partial charge in [0.15, 0.2) is 0 Å². The predicted molar refractivity (Wildman–Crippen MR) is 105 cm³/mol. The number of ether oxygens (including phenoxy) is 2. The highest BCUT2D eigenvalue weighted by molar-refractivity contribution is 6.03. The third-order valence-electron chi connectivity index (χ3n) is 6.63. The third-order valence-corrected chi connectivity index (χ3v) is 6.63. The molecule has 1 aromatic carbocycles. The highest BCUT2D eigenvalue weighted by Gasteiger charge is 2.45. The van der Waals surface area contributed by atoms with Gasteiger partial charge in [-0.2, -0.15) is 0 Å². The van der Waals surface area contributed by atoms with E-state index in [1.807, 2.05) is 6.26 Å². The van der Waals surface area contributed by atoms with Crippen LogP contribution in [-0.4, -0.2) is 44.0 Å². The summed E-state index contributed by atoms with van der Waals surface area (Å²) < 4.78 is 11.0. The van der Waals surface area contributed by atoms with E-state index in [2.05, 4.69) is 36.9 Å². The van der Waals surface area contributed by atoms with Gasteiger partial charge in [-0.05, 0) is 55.9 Å². The molecule has 0 spiro atoms. The number of fused-ring (bicyclic) bond motifs is 5. The van der Waals surface area contributed by atoms with E-state index < -0.39 is 0 Å². The molecule has 4 rings (SSSR count). The van der Waals surface area contributed by atoms with E-state index in [0.717, 1.165) is 30.8 Å². The Morgan fingerprint density at radius 3 is 2.92 bits per heavy atom. The molecule has 4 heteroatoms. The molecule has 3 aliphatic rings. The first-order valence-corrected chi connectivity index (χ1v) is 9.86. The molecular formula is C22H30N2O2. The highest BCUT2D eigenvalue weighted by atomic mass is 16.5. The summed E-state index contributed by atoms with van der Waals surface area (Å²) in [6, 6.07) is 6.71. The molecule has 0 radical (unpaired) electrons. The molecule has 3 aliphatic heterocycles. The molecule has 3 heterocycles. The van der Waals surface area contributed by atoms with E-state index in [1.165, 1.54) is 29.8 Å². The minimum absolute atomic E-state index is 0.424. The Morgan fingerprint density at radius 1 is 1.35 bits per heavy atom. The lowest BCUT2D eigenvalue weighted by Crippen LogP contribution is -2.55. The molecule has 26 heavy (non-hydrogen) atoms. The van der Waals surface area contributed by atoms with Gasteiger partial charge < -0.3 is 9.47 Å². The van der Waals surface area contributed by atoms with E-state index in [1.54, 1.807) is 14.2 Å². The predicted octanol–water partition coefficient (Wildman–Crippen LogP) is 4.54. The van der Waals surface area contributed by atoms with Crippen molar-refractivity contribution in [3.8, 4) is 5.75 Å². The summed E-state index contributed by atoms with van der Waals surface area (Å²) in [6.07, 6.45) is 5.46. The molecule has 0 bridgehead atoms. The van der Waals surface area contributed by atoms with Crippen LogP contribution in [-0.2, 0) is 4.74 Å². The molecule has 0 aromatic heterocycles. The van der Waals surface area contributed by atoms with Crippen molar-refractivity contribution in [2.75, 3.05) is 27.3 Å². The van der Waals surface area contributed by atoms with Crippen molar-refractivity contribution in [3.05, 3.63) is 35.6 Å². The minimum atomic E-state index is 0.424. The molecule has 4 nitrogen and oxygen atoms in total. The second kappa shape index (κ2) is 7.07.